The number of nitrogens with one attached hydrogen (secondary N) is 1. The number of hydrogen-bond acceptors (Lipinski definition) is 5. The second-order valence-corrected chi connectivity index (χ2v) is 5.86. The summed E-state index contributed by atoms with van der Waals surface area (Å²) in [6.45, 7) is 6.07. The summed E-state index contributed by atoms with van der Waals surface area (Å²) in [7, 11) is 1.84. The molecule has 1 heterocycles. The van der Waals surface area contributed by atoms with Crippen LogP contribution < -0.4 is 5.32 Å². The van der Waals surface area contributed by atoms with E-state index in [2.05, 4.69) is 15.5 Å². The molecule has 6 nitrogen and oxygen atoms in total. The lowest BCUT2D eigenvalue weighted by Crippen LogP contribution is -2.39. The van der Waals surface area contributed by atoms with Crippen LogP contribution in [0.3, 0.4) is 0 Å². The van der Waals surface area contributed by atoms with Gasteiger partial charge in [0.2, 0.25) is 11.8 Å². The van der Waals surface area contributed by atoms with Gasteiger partial charge in [-0.15, -0.1) is 0 Å². The Balaban J connectivity index is 1.99. The molecule has 0 fully saturated rings. The van der Waals surface area contributed by atoms with Crippen LogP contribution >= 0.6 is 11.6 Å². The molecule has 0 radical (unpaired) electrons. The summed E-state index contributed by atoms with van der Waals surface area (Å²) in [6, 6.07) is 5.08. The summed E-state index contributed by atoms with van der Waals surface area (Å²) < 4.78 is 5.16. The first kappa shape index (κ1) is 17.4. The molecule has 7 heteroatoms. The van der Waals surface area contributed by atoms with E-state index in [9.17, 15) is 4.79 Å². The maximum atomic E-state index is 12.4. The van der Waals surface area contributed by atoms with Crippen LogP contribution in [0.5, 0.6) is 0 Å². The molecule has 23 heavy (non-hydrogen) atoms. The lowest BCUT2D eigenvalue weighted by Gasteiger charge is -2.22. The van der Waals surface area contributed by atoms with E-state index in [1.807, 2.05) is 44.9 Å². The van der Waals surface area contributed by atoms with Crippen LogP contribution in [0.15, 0.2) is 22.7 Å². The Morgan fingerprint density at radius 3 is 2.87 bits per heavy atom. The van der Waals surface area contributed by atoms with Crippen molar-refractivity contribution < 1.29 is 9.32 Å². The number of likely N-dealkylation sites (N-methyl/N-ethyl adjacent to an activating group) is 1. The normalized spacial score (nSPS) is 12.4. The van der Waals surface area contributed by atoms with Gasteiger partial charge in [-0.25, -0.2) is 0 Å². The molecular weight excluding hydrogens is 316 g/mol. The van der Waals surface area contributed by atoms with E-state index in [0.29, 0.717) is 29.0 Å². The van der Waals surface area contributed by atoms with Crippen LogP contribution in [0, 0.1) is 6.92 Å². The highest BCUT2D eigenvalue weighted by Gasteiger charge is 2.21. The summed E-state index contributed by atoms with van der Waals surface area (Å²) in [5.41, 5.74) is 1.57. The van der Waals surface area contributed by atoms with Crippen molar-refractivity contribution in [3.05, 3.63) is 40.5 Å². The molecule has 2 aromatic rings. The van der Waals surface area contributed by atoms with Gasteiger partial charge in [-0.3, -0.25) is 9.69 Å². The number of halogens is 1. The summed E-state index contributed by atoms with van der Waals surface area (Å²) in [6.07, 6.45) is 0.720. The van der Waals surface area contributed by atoms with Gasteiger partial charge in [0, 0.05) is 17.1 Å². The lowest BCUT2D eigenvalue weighted by atomic mass is 10.2. The molecule has 0 aliphatic carbocycles. The van der Waals surface area contributed by atoms with Crippen molar-refractivity contribution in [3.63, 3.8) is 0 Å². The number of carbonyl (C=O) groups is 1. The number of carbonyl (C=O) groups excluding carboxylic acids is 1. The third kappa shape index (κ3) is 4.30. The quantitative estimate of drug-likeness (QED) is 0.877. The predicted octanol–water partition coefficient (Wildman–Crippen LogP) is 3.05. The van der Waals surface area contributed by atoms with E-state index >= 15 is 0 Å². The highest BCUT2D eigenvalue weighted by molar-refractivity contribution is 6.31. The minimum absolute atomic E-state index is 0.118. The third-order valence-corrected chi connectivity index (χ3v) is 4.19. The van der Waals surface area contributed by atoms with E-state index < -0.39 is 0 Å². The molecule has 0 spiro atoms. The van der Waals surface area contributed by atoms with Gasteiger partial charge in [0.1, 0.15) is 0 Å². The predicted molar refractivity (Wildman–Crippen MR) is 89.4 cm³/mol. The van der Waals surface area contributed by atoms with Crippen LogP contribution in [0.25, 0.3) is 0 Å². The van der Waals surface area contributed by atoms with Gasteiger partial charge in [0.25, 0.3) is 0 Å². The van der Waals surface area contributed by atoms with Crippen LogP contribution in [-0.4, -0.2) is 34.0 Å². The Morgan fingerprint density at radius 2 is 2.22 bits per heavy atom. The van der Waals surface area contributed by atoms with E-state index in [1.54, 1.807) is 6.07 Å². The van der Waals surface area contributed by atoms with Crippen LogP contribution in [0.2, 0.25) is 5.02 Å². The first-order valence-corrected chi connectivity index (χ1v) is 7.87. The van der Waals surface area contributed by atoms with Crippen molar-refractivity contribution in [1.29, 1.82) is 0 Å². The van der Waals surface area contributed by atoms with E-state index in [4.69, 9.17) is 16.1 Å². The second kappa shape index (κ2) is 7.57. The van der Waals surface area contributed by atoms with Crippen molar-refractivity contribution in [2.24, 2.45) is 0 Å². The van der Waals surface area contributed by atoms with Crippen LogP contribution in [0.1, 0.15) is 31.1 Å². The number of aromatic nitrogens is 2. The van der Waals surface area contributed by atoms with Crippen molar-refractivity contribution in [1.82, 2.24) is 15.0 Å². The summed E-state index contributed by atoms with van der Waals surface area (Å²) >= 11 is 6.07. The topological polar surface area (TPSA) is 71.3 Å². The zero-order chi connectivity index (χ0) is 17.0. The molecule has 1 aromatic heterocycles. The zero-order valence-electron chi connectivity index (χ0n) is 13.8. The number of aryl methyl sites for hydroxylation is 1. The number of anilines is 1. The number of hydrogen-bond donors (Lipinski definition) is 1. The number of amides is 1. The molecule has 0 saturated heterocycles. The molecule has 1 atom stereocenters. The number of benzene rings is 1. The van der Waals surface area contributed by atoms with E-state index in [0.717, 1.165) is 12.0 Å². The highest BCUT2D eigenvalue weighted by Crippen LogP contribution is 2.23. The standard InChI is InChI=1S/C16H21ClN4O2/c1-5-14-19-15(23-20-14)9-21(4)11(3)16(22)18-13-8-6-7-12(17)10(13)2/h6-8,11H,5,9H2,1-4H3,(H,18,22)/t11-/m0/s1. The molecule has 0 bridgehead atoms. The molecule has 1 amide bonds. The molecule has 1 aromatic carbocycles. The Kier molecular flexibility index (Phi) is 5.74. The van der Waals surface area contributed by atoms with Gasteiger partial charge < -0.3 is 9.84 Å². The van der Waals surface area contributed by atoms with Gasteiger partial charge >= 0.3 is 0 Å². The van der Waals surface area contributed by atoms with Crippen LogP contribution in [-0.2, 0) is 17.8 Å². The molecule has 0 aliphatic rings. The van der Waals surface area contributed by atoms with Gasteiger partial charge in [-0.1, -0.05) is 29.7 Å². The van der Waals surface area contributed by atoms with Crippen LogP contribution in [0.4, 0.5) is 5.69 Å². The maximum absolute atomic E-state index is 12.4. The van der Waals surface area contributed by atoms with E-state index in [1.165, 1.54) is 0 Å². The Morgan fingerprint density at radius 1 is 1.48 bits per heavy atom. The Labute approximate surface area is 140 Å². The fourth-order valence-corrected chi connectivity index (χ4v) is 2.20. The fourth-order valence-electron chi connectivity index (χ4n) is 2.03. The Bertz CT molecular complexity index is 686. The number of rotatable bonds is 6. The molecule has 0 unspecified atom stereocenters. The van der Waals surface area contributed by atoms with Gasteiger partial charge in [0.15, 0.2) is 5.82 Å². The monoisotopic (exact) mass is 336 g/mol. The fraction of sp³-hybridized carbons (Fsp3) is 0.438. The largest absolute Gasteiger partial charge is 0.338 e. The summed E-state index contributed by atoms with van der Waals surface area (Å²) in [4.78, 5) is 18.5. The molecule has 1 N–H and O–H groups in total. The van der Waals surface area contributed by atoms with Crippen molar-refractivity contribution in [2.45, 2.75) is 39.8 Å². The molecular formula is C16H21ClN4O2. The summed E-state index contributed by atoms with van der Waals surface area (Å²) in [5.74, 6) is 1.05. The smallest absolute Gasteiger partial charge is 0.241 e. The molecule has 124 valence electrons. The van der Waals surface area contributed by atoms with Gasteiger partial charge in [0.05, 0.1) is 12.6 Å². The van der Waals surface area contributed by atoms with Crippen molar-refractivity contribution in [2.75, 3.05) is 12.4 Å². The van der Waals surface area contributed by atoms with Crippen molar-refractivity contribution in [3.8, 4) is 0 Å². The van der Waals surface area contributed by atoms with E-state index in [-0.39, 0.29) is 11.9 Å². The first-order valence-electron chi connectivity index (χ1n) is 7.50. The second-order valence-electron chi connectivity index (χ2n) is 5.45. The first-order chi connectivity index (χ1) is 10.9. The average Bonchev–Trinajstić information content (AvgIpc) is 2.98. The molecule has 0 aliphatic heterocycles. The highest BCUT2D eigenvalue weighted by atomic mass is 35.5. The zero-order valence-corrected chi connectivity index (χ0v) is 14.5. The average molecular weight is 337 g/mol. The SMILES string of the molecule is CCc1noc(CN(C)[C@@H](C)C(=O)Nc2cccc(Cl)c2C)n1. The minimum atomic E-state index is -0.356. The molecule has 2 rings (SSSR count). The summed E-state index contributed by atoms with van der Waals surface area (Å²) in [5, 5.41) is 7.38. The Hall–Kier alpha value is -1.92. The maximum Gasteiger partial charge on any atom is 0.241 e. The lowest BCUT2D eigenvalue weighted by molar-refractivity contribution is -0.120. The van der Waals surface area contributed by atoms with Crippen molar-refractivity contribution >= 4 is 23.2 Å². The minimum Gasteiger partial charge on any atom is -0.338 e. The van der Waals surface area contributed by atoms with Gasteiger partial charge in [-0.2, -0.15) is 4.98 Å². The third-order valence-electron chi connectivity index (χ3n) is 3.78. The molecule has 0 saturated carbocycles. The number of nitrogens with zero attached hydrogens (tertiary/aromatic N) is 3. The van der Waals surface area contributed by atoms with Gasteiger partial charge in [-0.05, 0) is 38.6 Å².